The highest BCUT2D eigenvalue weighted by atomic mass is 32.1. The molecule has 1 aromatic rings. The van der Waals surface area contributed by atoms with Crippen LogP contribution in [0.15, 0.2) is 18.2 Å². The molecule has 0 bridgehead atoms. The molecule has 2 rings (SSSR count). The molecule has 1 saturated heterocycles. The van der Waals surface area contributed by atoms with Crippen molar-refractivity contribution < 1.29 is 15.0 Å². The average molecular weight is 310 g/mol. The minimum Gasteiger partial charge on any atom is -0.478 e. The predicted molar refractivity (Wildman–Crippen MR) is 84.4 cm³/mol. The Morgan fingerprint density at radius 2 is 2.29 bits per heavy atom. The Kier molecular flexibility index (Phi) is 5.52. The van der Waals surface area contributed by atoms with E-state index < -0.39 is 5.97 Å². The van der Waals surface area contributed by atoms with E-state index in [1.165, 1.54) is 4.88 Å². The quantitative estimate of drug-likeness (QED) is 0.777. The smallest absolute Gasteiger partial charge is 0.328 e. The number of carboxylic acids is 1. The molecule has 2 N–H and O–H groups in total. The highest BCUT2D eigenvalue weighted by molar-refractivity contribution is 7.12. The number of likely N-dealkylation sites (N-methyl/N-ethyl adjacent to an activating group) is 1. The summed E-state index contributed by atoms with van der Waals surface area (Å²) in [4.78, 5) is 17.1. The number of aliphatic hydroxyl groups excluding tert-OH is 1. The van der Waals surface area contributed by atoms with Crippen molar-refractivity contribution in [3.05, 3.63) is 28.0 Å². The number of aliphatic hydroxyl groups is 1. The molecular formula is C15H22N2O3S. The van der Waals surface area contributed by atoms with Crippen LogP contribution in [0.4, 0.5) is 0 Å². The lowest BCUT2D eigenvalue weighted by molar-refractivity contribution is -0.131. The van der Waals surface area contributed by atoms with Crippen LogP contribution in [0.2, 0.25) is 0 Å². The van der Waals surface area contributed by atoms with Crippen LogP contribution in [-0.4, -0.2) is 65.3 Å². The maximum atomic E-state index is 10.5. The van der Waals surface area contributed by atoms with Gasteiger partial charge < -0.3 is 15.1 Å². The minimum atomic E-state index is -0.932. The maximum absolute atomic E-state index is 10.5. The predicted octanol–water partition coefficient (Wildman–Crippen LogP) is 1.34. The second-order valence-electron chi connectivity index (χ2n) is 5.71. The van der Waals surface area contributed by atoms with Gasteiger partial charge in [0.25, 0.3) is 0 Å². The monoisotopic (exact) mass is 310 g/mol. The molecule has 5 nitrogen and oxygen atoms in total. The molecule has 6 heteroatoms. The number of carboxylic acid groups (broad SMARTS) is 1. The minimum absolute atomic E-state index is 0.249. The standard InChI is InChI=1S/C15H22N2O3S/c1-16(2)8-11-7-12(18)9-17(11)10-14-4-3-13(21-14)5-6-15(19)20/h3-6,11-12,18H,7-10H2,1-2H3,(H,19,20). The van der Waals surface area contributed by atoms with E-state index in [4.69, 9.17) is 5.11 Å². The zero-order valence-electron chi connectivity index (χ0n) is 12.4. The van der Waals surface area contributed by atoms with Crippen LogP contribution in [0, 0.1) is 0 Å². The molecule has 0 aromatic carbocycles. The molecule has 1 aliphatic rings. The number of aliphatic carboxylic acids is 1. The van der Waals surface area contributed by atoms with Crippen LogP contribution < -0.4 is 0 Å². The highest BCUT2D eigenvalue weighted by Crippen LogP contribution is 2.25. The van der Waals surface area contributed by atoms with E-state index in [0.717, 1.165) is 30.5 Å². The lowest BCUT2D eigenvalue weighted by atomic mass is 10.2. The van der Waals surface area contributed by atoms with Crippen molar-refractivity contribution in [2.45, 2.75) is 25.1 Å². The molecular weight excluding hydrogens is 288 g/mol. The Hall–Kier alpha value is -1.21. The van der Waals surface area contributed by atoms with Gasteiger partial charge in [-0.15, -0.1) is 11.3 Å². The number of thiophene rings is 1. The molecule has 2 atom stereocenters. The summed E-state index contributed by atoms with van der Waals surface area (Å²) in [5, 5.41) is 18.5. The van der Waals surface area contributed by atoms with Gasteiger partial charge in [0.05, 0.1) is 6.10 Å². The Morgan fingerprint density at radius 3 is 2.95 bits per heavy atom. The molecule has 0 aliphatic carbocycles. The average Bonchev–Trinajstić information content (AvgIpc) is 2.94. The van der Waals surface area contributed by atoms with Crippen molar-refractivity contribution in [2.75, 3.05) is 27.2 Å². The summed E-state index contributed by atoms with van der Waals surface area (Å²) in [6.45, 7) is 2.45. The van der Waals surface area contributed by atoms with E-state index in [2.05, 4.69) is 9.80 Å². The summed E-state index contributed by atoms with van der Waals surface area (Å²) >= 11 is 1.60. The summed E-state index contributed by atoms with van der Waals surface area (Å²) < 4.78 is 0. The van der Waals surface area contributed by atoms with Crippen molar-refractivity contribution in [1.29, 1.82) is 0 Å². The van der Waals surface area contributed by atoms with E-state index in [0.29, 0.717) is 12.6 Å². The number of rotatable bonds is 6. The first-order valence-electron chi connectivity index (χ1n) is 7.00. The molecule has 0 amide bonds. The number of hydrogen-bond acceptors (Lipinski definition) is 5. The topological polar surface area (TPSA) is 64.0 Å². The number of carbonyl (C=O) groups is 1. The lowest BCUT2D eigenvalue weighted by Crippen LogP contribution is -2.36. The van der Waals surface area contributed by atoms with Crippen LogP contribution >= 0.6 is 11.3 Å². The maximum Gasteiger partial charge on any atom is 0.328 e. The first-order chi connectivity index (χ1) is 9.94. The molecule has 0 spiro atoms. The van der Waals surface area contributed by atoms with Gasteiger partial charge in [-0.3, -0.25) is 4.90 Å². The van der Waals surface area contributed by atoms with Gasteiger partial charge >= 0.3 is 5.97 Å². The van der Waals surface area contributed by atoms with Crippen molar-refractivity contribution in [1.82, 2.24) is 9.80 Å². The summed E-state index contributed by atoms with van der Waals surface area (Å²) in [6.07, 6.45) is 3.34. The molecule has 2 unspecified atom stereocenters. The fourth-order valence-corrected chi connectivity index (χ4v) is 3.63. The van der Waals surface area contributed by atoms with E-state index in [-0.39, 0.29) is 6.10 Å². The zero-order chi connectivity index (χ0) is 15.4. The van der Waals surface area contributed by atoms with Gasteiger partial charge in [0, 0.05) is 41.5 Å². The van der Waals surface area contributed by atoms with E-state index in [1.807, 2.05) is 26.2 Å². The summed E-state index contributed by atoms with van der Waals surface area (Å²) in [7, 11) is 4.09. The van der Waals surface area contributed by atoms with Gasteiger partial charge in [0.2, 0.25) is 0 Å². The molecule has 2 heterocycles. The fraction of sp³-hybridized carbons (Fsp3) is 0.533. The van der Waals surface area contributed by atoms with Crippen LogP contribution in [-0.2, 0) is 11.3 Å². The van der Waals surface area contributed by atoms with Crippen LogP contribution in [0.25, 0.3) is 6.08 Å². The zero-order valence-corrected chi connectivity index (χ0v) is 13.2. The Balaban J connectivity index is 1.98. The number of β-amino-alcohol motifs (C(OH)–C–C–N with tert-alkyl or cyclic N) is 1. The second kappa shape index (κ2) is 7.17. The van der Waals surface area contributed by atoms with Crippen LogP contribution in [0.1, 0.15) is 16.2 Å². The molecule has 0 radical (unpaired) electrons. The van der Waals surface area contributed by atoms with Crippen molar-refractivity contribution in [3.63, 3.8) is 0 Å². The largest absolute Gasteiger partial charge is 0.478 e. The van der Waals surface area contributed by atoms with Gasteiger partial charge in [0.15, 0.2) is 0 Å². The number of hydrogen-bond donors (Lipinski definition) is 2. The fourth-order valence-electron chi connectivity index (χ4n) is 2.69. The first kappa shape index (κ1) is 16.2. The van der Waals surface area contributed by atoms with Gasteiger partial charge in [-0.05, 0) is 38.7 Å². The Bertz CT molecular complexity index is 513. The molecule has 0 saturated carbocycles. The summed E-state index contributed by atoms with van der Waals surface area (Å²) in [5.74, 6) is -0.932. The van der Waals surface area contributed by atoms with Crippen LogP contribution in [0.3, 0.4) is 0 Å². The molecule has 1 fully saturated rings. The number of likely N-dealkylation sites (tertiary alicyclic amines) is 1. The van der Waals surface area contributed by atoms with Gasteiger partial charge in [-0.2, -0.15) is 0 Å². The van der Waals surface area contributed by atoms with Crippen LogP contribution in [0.5, 0.6) is 0 Å². The third-order valence-electron chi connectivity index (χ3n) is 3.51. The molecule has 116 valence electrons. The summed E-state index contributed by atoms with van der Waals surface area (Å²) in [6, 6.07) is 4.34. The lowest BCUT2D eigenvalue weighted by Gasteiger charge is -2.26. The molecule has 1 aromatic heterocycles. The third kappa shape index (κ3) is 4.93. The Morgan fingerprint density at radius 1 is 1.52 bits per heavy atom. The Labute approximate surface area is 129 Å². The first-order valence-corrected chi connectivity index (χ1v) is 7.82. The SMILES string of the molecule is CN(C)CC1CC(O)CN1Cc1ccc(C=CC(=O)O)s1. The van der Waals surface area contributed by atoms with E-state index in [1.54, 1.807) is 17.4 Å². The van der Waals surface area contributed by atoms with Gasteiger partial charge in [-0.1, -0.05) is 0 Å². The van der Waals surface area contributed by atoms with E-state index >= 15 is 0 Å². The van der Waals surface area contributed by atoms with E-state index in [9.17, 15) is 9.90 Å². The normalized spacial score (nSPS) is 23.4. The molecule has 21 heavy (non-hydrogen) atoms. The van der Waals surface area contributed by atoms with Crippen molar-refractivity contribution >= 4 is 23.4 Å². The molecule has 1 aliphatic heterocycles. The summed E-state index contributed by atoms with van der Waals surface area (Å²) in [5.41, 5.74) is 0. The van der Waals surface area contributed by atoms with Crippen molar-refractivity contribution in [2.24, 2.45) is 0 Å². The number of nitrogens with zero attached hydrogens (tertiary/aromatic N) is 2. The third-order valence-corrected chi connectivity index (χ3v) is 4.55. The van der Waals surface area contributed by atoms with Crippen molar-refractivity contribution in [3.8, 4) is 0 Å². The van der Waals surface area contributed by atoms with Gasteiger partial charge in [-0.25, -0.2) is 4.79 Å². The second-order valence-corrected chi connectivity index (χ2v) is 6.91. The highest BCUT2D eigenvalue weighted by Gasteiger charge is 2.31. The van der Waals surface area contributed by atoms with Gasteiger partial charge in [0.1, 0.15) is 0 Å².